The van der Waals surface area contributed by atoms with Gasteiger partial charge in [0, 0.05) is 52.1 Å². The molecular weight excluding hydrogens is 947 g/mol. The number of carbonyl (C=O) groups is 5. The van der Waals surface area contributed by atoms with E-state index < -0.39 is 39.4 Å². The Morgan fingerprint density at radius 3 is 1.21 bits per heavy atom. The summed E-state index contributed by atoms with van der Waals surface area (Å²) in [7, 11) is 0. The summed E-state index contributed by atoms with van der Waals surface area (Å²) in [6.07, 6.45) is 0.0880. The average molecular weight is 1010 g/mol. The fraction of sp³-hybridized carbons (Fsp3) is 0.327. The van der Waals surface area contributed by atoms with Gasteiger partial charge in [-0.15, -0.1) is 0 Å². The highest BCUT2D eigenvalue weighted by atomic mass is 16.6. The molecule has 0 bridgehead atoms. The lowest BCUT2D eigenvalue weighted by Gasteiger charge is -2.18. The van der Waals surface area contributed by atoms with E-state index in [4.69, 9.17) is 35.2 Å². The number of rotatable bonds is 23. The molecule has 0 unspecified atom stereocenters. The van der Waals surface area contributed by atoms with E-state index in [2.05, 4.69) is 16.0 Å². The molecular formula is C52H61N7O14. The fourth-order valence-corrected chi connectivity index (χ4v) is 6.30. The van der Waals surface area contributed by atoms with Crippen molar-refractivity contribution in [2.45, 2.75) is 80.9 Å². The normalized spacial score (nSPS) is 10.8. The van der Waals surface area contributed by atoms with Crippen molar-refractivity contribution in [1.82, 2.24) is 0 Å². The van der Waals surface area contributed by atoms with Crippen molar-refractivity contribution in [1.29, 1.82) is 0 Å². The van der Waals surface area contributed by atoms with Gasteiger partial charge in [0.25, 0.3) is 17.7 Å². The van der Waals surface area contributed by atoms with E-state index in [9.17, 15) is 44.2 Å². The second kappa shape index (κ2) is 26.5. The van der Waals surface area contributed by atoms with E-state index in [1.165, 1.54) is 91.0 Å². The Morgan fingerprint density at radius 1 is 0.479 bits per heavy atom. The molecule has 0 spiro atoms. The third-order valence-electron chi connectivity index (χ3n) is 9.69. The quantitative estimate of drug-likeness (QED) is 0.0301. The molecule has 7 N–H and O–H groups in total. The zero-order chi connectivity index (χ0) is 54.1. The highest BCUT2D eigenvalue weighted by Gasteiger charge is 2.23. The van der Waals surface area contributed by atoms with E-state index in [1.54, 1.807) is 27.7 Å². The van der Waals surface area contributed by atoms with Crippen molar-refractivity contribution in [2.24, 2.45) is 23.3 Å². The standard InChI is InChI=1S/C31H36N4O8.C21H25N3O6/c1-17(2)16-41-26-13-20(29(32)36)7-10-23(26)33-30(37)21-8-11-24(27(14-21)42-18(3)4)34-31(38)22-9-12-25(35(39)40)28(15-22)43-19(5)6;1-4-9-29-18-10-14(20(22)25)5-7-16(18)23-21(26)15-6-8-17(24(27)28)19(11-15)30-12-13(2)3/h7-15,17-19H,16H2,1-6H3,(H2,32,36)(H,33,37)(H,34,38);5-8,10-11,13H,4,9,12H2,1-3H3,(H2,22,25)(H,23,26). The van der Waals surface area contributed by atoms with Gasteiger partial charge in [-0.1, -0.05) is 34.6 Å². The van der Waals surface area contributed by atoms with Gasteiger partial charge in [-0.25, -0.2) is 0 Å². The third kappa shape index (κ3) is 17.0. The number of hydrogen-bond acceptors (Lipinski definition) is 14. The Balaban J connectivity index is 0.000000338. The van der Waals surface area contributed by atoms with Gasteiger partial charge in [-0.05, 0) is 113 Å². The van der Waals surface area contributed by atoms with Crippen LogP contribution in [0.3, 0.4) is 0 Å². The van der Waals surface area contributed by atoms with Gasteiger partial charge in [0.1, 0.15) is 17.2 Å². The molecule has 0 saturated carbocycles. The van der Waals surface area contributed by atoms with Crippen LogP contribution in [0.2, 0.25) is 0 Å². The first-order valence-electron chi connectivity index (χ1n) is 23.2. The molecule has 0 fully saturated rings. The van der Waals surface area contributed by atoms with Crippen LogP contribution in [-0.4, -0.2) is 71.4 Å². The van der Waals surface area contributed by atoms with Gasteiger partial charge in [-0.3, -0.25) is 44.2 Å². The molecule has 388 valence electrons. The summed E-state index contributed by atoms with van der Waals surface area (Å²) in [6.45, 7) is 17.7. The number of carbonyl (C=O) groups excluding carboxylic acids is 5. The molecule has 0 aliphatic heterocycles. The maximum atomic E-state index is 13.3. The molecule has 21 nitrogen and oxygen atoms in total. The van der Waals surface area contributed by atoms with Gasteiger partial charge in [-0.2, -0.15) is 0 Å². The summed E-state index contributed by atoms with van der Waals surface area (Å²) in [5, 5.41) is 30.9. The SMILES string of the molecule is CC(C)COc1cc(C(N)=O)ccc1NC(=O)c1ccc(NC(=O)c2ccc([N+](=O)[O-])c(OC(C)C)c2)c(OC(C)C)c1.CCCOc1cc(C(N)=O)ccc1NC(=O)c1ccc([N+](=O)[O-])c(OCC(C)C)c1. The van der Waals surface area contributed by atoms with Gasteiger partial charge < -0.3 is 51.1 Å². The summed E-state index contributed by atoms with van der Waals surface area (Å²) in [4.78, 5) is 83.7. The number of amides is 5. The van der Waals surface area contributed by atoms with Gasteiger partial charge in [0.15, 0.2) is 11.5 Å². The largest absolute Gasteiger partial charge is 0.491 e. The molecule has 5 amide bonds. The van der Waals surface area contributed by atoms with Crippen molar-refractivity contribution < 1.29 is 57.5 Å². The number of nitrogens with zero attached hydrogens (tertiary/aromatic N) is 2. The van der Waals surface area contributed by atoms with Crippen LogP contribution in [-0.2, 0) is 0 Å². The van der Waals surface area contributed by atoms with Crippen molar-refractivity contribution in [3.8, 4) is 28.7 Å². The van der Waals surface area contributed by atoms with Crippen LogP contribution in [0.1, 0.15) is 121 Å². The number of primary amides is 2. The molecule has 0 atom stereocenters. The van der Waals surface area contributed by atoms with Gasteiger partial charge in [0.2, 0.25) is 11.8 Å². The molecule has 5 aromatic rings. The molecule has 0 radical (unpaired) electrons. The number of ether oxygens (including phenoxy) is 5. The van der Waals surface area contributed by atoms with Crippen molar-refractivity contribution in [2.75, 3.05) is 35.8 Å². The summed E-state index contributed by atoms with van der Waals surface area (Å²) in [5.41, 5.74) is 12.2. The first kappa shape index (κ1) is 56.8. The van der Waals surface area contributed by atoms with Crippen LogP contribution < -0.4 is 51.1 Å². The zero-order valence-corrected chi connectivity index (χ0v) is 42.1. The second-order valence-corrected chi connectivity index (χ2v) is 17.7. The lowest BCUT2D eigenvalue weighted by molar-refractivity contribution is -0.386. The minimum absolute atomic E-state index is 0.0212. The predicted molar refractivity (Wildman–Crippen MR) is 274 cm³/mol. The second-order valence-electron chi connectivity index (χ2n) is 17.7. The van der Waals surface area contributed by atoms with Gasteiger partial charge >= 0.3 is 11.4 Å². The van der Waals surface area contributed by atoms with E-state index in [1.807, 2.05) is 34.6 Å². The summed E-state index contributed by atoms with van der Waals surface area (Å²) < 4.78 is 28.4. The van der Waals surface area contributed by atoms with E-state index in [-0.39, 0.29) is 92.8 Å². The number of nitro benzene ring substituents is 2. The van der Waals surface area contributed by atoms with E-state index in [0.717, 1.165) is 6.42 Å². The van der Waals surface area contributed by atoms with E-state index in [0.29, 0.717) is 36.1 Å². The fourth-order valence-electron chi connectivity index (χ4n) is 6.30. The Hall–Kier alpha value is -8.75. The van der Waals surface area contributed by atoms with Crippen LogP contribution in [0.4, 0.5) is 28.4 Å². The summed E-state index contributed by atoms with van der Waals surface area (Å²) >= 11 is 0. The highest BCUT2D eigenvalue weighted by Crippen LogP contribution is 2.34. The Kier molecular flexibility index (Phi) is 20.6. The van der Waals surface area contributed by atoms with Gasteiger partial charge in [0.05, 0.1) is 58.9 Å². The molecule has 0 aliphatic carbocycles. The molecule has 5 rings (SSSR count). The summed E-state index contributed by atoms with van der Waals surface area (Å²) in [6, 6.07) is 21.2. The minimum atomic E-state index is -0.627. The van der Waals surface area contributed by atoms with Crippen LogP contribution in [0, 0.1) is 32.1 Å². The topological polar surface area (TPSA) is 306 Å². The Labute approximate surface area is 422 Å². The Bertz CT molecular complexity index is 2830. The predicted octanol–water partition coefficient (Wildman–Crippen LogP) is 9.58. The van der Waals surface area contributed by atoms with Crippen molar-refractivity contribution in [3.05, 3.63) is 139 Å². The van der Waals surface area contributed by atoms with Crippen molar-refractivity contribution >= 4 is 58.0 Å². The zero-order valence-electron chi connectivity index (χ0n) is 42.1. The lowest BCUT2D eigenvalue weighted by Crippen LogP contribution is -2.18. The average Bonchev–Trinajstić information content (AvgIpc) is 3.32. The maximum absolute atomic E-state index is 13.3. The molecule has 0 heterocycles. The third-order valence-corrected chi connectivity index (χ3v) is 9.69. The molecule has 0 aromatic heterocycles. The van der Waals surface area contributed by atoms with Crippen LogP contribution in [0.25, 0.3) is 0 Å². The van der Waals surface area contributed by atoms with E-state index >= 15 is 0 Å². The molecule has 0 saturated heterocycles. The lowest BCUT2D eigenvalue weighted by atomic mass is 10.1. The number of nitrogens with one attached hydrogen (secondary N) is 3. The number of nitro groups is 2. The molecule has 0 aliphatic rings. The number of benzene rings is 5. The highest BCUT2D eigenvalue weighted by molar-refractivity contribution is 6.09. The molecule has 73 heavy (non-hydrogen) atoms. The monoisotopic (exact) mass is 1010 g/mol. The number of anilines is 3. The van der Waals surface area contributed by atoms with Crippen LogP contribution in [0.5, 0.6) is 28.7 Å². The molecule has 21 heteroatoms. The number of hydrogen-bond donors (Lipinski definition) is 5. The molecule has 5 aromatic carbocycles. The van der Waals surface area contributed by atoms with Crippen LogP contribution in [0.15, 0.2) is 91.0 Å². The maximum Gasteiger partial charge on any atom is 0.310 e. The van der Waals surface area contributed by atoms with Crippen LogP contribution >= 0.6 is 0 Å². The smallest absolute Gasteiger partial charge is 0.310 e. The minimum Gasteiger partial charge on any atom is -0.491 e. The number of nitrogens with two attached hydrogens (primary N) is 2. The van der Waals surface area contributed by atoms with Crippen molar-refractivity contribution in [3.63, 3.8) is 0 Å². The first-order chi connectivity index (χ1) is 34.5. The summed E-state index contributed by atoms with van der Waals surface area (Å²) in [5.74, 6) is -1.62. The first-order valence-corrected chi connectivity index (χ1v) is 23.2. The Morgan fingerprint density at radius 2 is 0.808 bits per heavy atom.